The van der Waals surface area contributed by atoms with E-state index in [9.17, 15) is 0 Å². The predicted molar refractivity (Wildman–Crippen MR) is 139 cm³/mol. The van der Waals surface area contributed by atoms with Gasteiger partial charge in [0.05, 0.1) is 24.6 Å². The summed E-state index contributed by atoms with van der Waals surface area (Å²) in [7, 11) is 0. The van der Waals surface area contributed by atoms with Crippen LogP contribution in [0.1, 0.15) is 17.1 Å². The number of nitrogens with zero attached hydrogens (tertiary/aromatic N) is 4. The maximum Gasteiger partial charge on any atom is 0.0594 e. The number of rotatable bonds is 3. The third kappa shape index (κ3) is 11.6. The fourth-order valence-electron chi connectivity index (χ4n) is 2.42. The van der Waals surface area contributed by atoms with Crippen molar-refractivity contribution in [1.82, 2.24) is 19.9 Å². The molecule has 5 nitrogen and oxygen atoms in total. The van der Waals surface area contributed by atoms with Gasteiger partial charge in [-0.15, -0.1) is 0 Å². The molecular weight excluding hydrogens is 656 g/mol. The van der Waals surface area contributed by atoms with Crippen molar-refractivity contribution in [2.75, 3.05) is 26.3 Å². The standard InChI is InChI=1S/C10H13BrN2O.C6H5Br2N.C6H6BrN/c11-9-1-2-10(12-7-9)8-13-3-5-14-6-4-13;7-3-6-2-1-5(8)4-9-6;1-5-2-3-6(7)4-8-5/h1-2,7H,3-6,8H2;1-2,4H,3H2;2-4H,1H3. The number of ether oxygens (including phenoxy) is 1. The Labute approximate surface area is 217 Å². The number of halogens is 4. The Morgan fingerprint density at radius 2 is 1.29 bits per heavy atom. The van der Waals surface area contributed by atoms with E-state index in [1.807, 2.05) is 43.5 Å². The molecule has 1 saturated heterocycles. The van der Waals surface area contributed by atoms with Crippen LogP contribution in [0.25, 0.3) is 0 Å². The van der Waals surface area contributed by atoms with Crippen LogP contribution in [0.3, 0.4) is 0 Å². The third-order valence-electron chi connectivity index (χ3n) is 4.08. The van der Waals surface area contributed by atoms with E-state index in [-0.39, 0.29) is 0 Å². The Kier molecular flexibility index (Phi) is 13.0. The first-order valence-electron chi connectivity index (χ1n) is 9.61. The highest BCUT2D eigenvalue weighted by molar-refractivity contribution is 9.11. The van der Waals surface area contributed by atoms with Gasteiger partial charge in [0, 0.05) is 62.7 Å². The minimum atomic E-state index is 0.820. The van der Waals surface area contributed by atoms with Crippen molar-refractivity contribution in [3.05, 3.63) is 85.5 Å². The van der Waals surface area contributed by atoms with Gasteiger partial charge >= 0.3 is 0 Å². The molecule has 0 atom stereocenters. The molecule has 4 rings (SSSR count). The lowest BCUT2D eigenvalue weighted by Gasteiger charge is -2.26. The van der Waals surface area contributed by atoms with Crippen LogP contribution in [0.15, 0.2) is 68.4 Å². The average molecular weight is 680 g/mol. The second-order valence-electron chi connectivity index (χ2n) is 6.58. The van der Waals surface area contributed by atoms with Crippen LogP contribution < -0.4 is 0 Å². The van der Waals surface area contributed by atoms with Gasteiger partial charge in [-0.3, -0.25) is 19.9 Å². The van der Waals surface area contributed by atoms with E-state index >= 15 is 0 Å². The Morgan fingerprint density at radius 3 is 1.71 bits per heavy atom. The van der Waals surface area contributed by atoms with E-state index in [4.69, 9.17) is 4.74 Å². The molecule has 0 radical (unpaired) electrons. The minimum absolute atomic E-state index is 0.820. The summed E-state index contributed by atoms with van der Waals surface area (Å²) in [5, 5.41) is 0.820. The number of aryl methyl sites for hydroxylation is 1. The highest BCUT2D eigenvalue weighted by Crippen LogP contribution is 2.10. The quantitative estimate of drug-likeness (QED) is 0.294. The second kappa shape index (κ2) is 15.2. The summed E-state index contributed by atoms with van der Waals surface area (Å²) in [5.74, 6) is 0. The second-order valence-corrected chi connectivity index (χ2v) is 9.88. The summed E-state index contributed by atoms with van der Waals surface area (Å²) in [5.41, 5.74) is 3.22. The number of hydrogen-bond donors (Lipinski definition) is 0. The van der Waals surface area contributed by atoms with Crippen molar-refractivity contribution in [1.29, 1.82) is 0 Å². The third-order valence-corrected chi connectivity index (χ3v) is 6.06. The van der Waals surface area contributed by atoms with Crippen LogP contribution in [0.5, 0.6) is 0 Å². The zero-order chi connectivity index (χ0) is 22.5. The summed E-state index contributed by atoms with van der Waals surface area (Å²) in [4.78, 5) is 14.8. The number of hydrogen-bond acceptors (Lipinski definition) is 5. The lowest BCUT2D eigenvalue weighted by molar-refractivity contribution is 0.0336. The molecule has 0 aliphatic carbocycles. The molecule has 1 fully saturated rings. The van der Waals surface area contributed by atoms with E-state index in [0.717, 1.165) is 68.7 Å². The molecule has 0 aromatic carbocycles. The van der Waals surface area contributed by atoms with Crippen LogP contribution >= 0.6 is 63.7 Å². The SMILES string of the molecule is BrCc1ccc(Br)cn1.Brc1ccc(CN2CCOCC2)nc1.Cc1ccc(Br)cn1. The van der Waals surface area contributed by atoms with E-state index in [1.54, 1.807) is 12.4 Å². The molecule has 1 aliphatic heterocycles. The van der Waals surface area contributed by atoms with Gasteiger partial charge in [0.25, 0.3) is 0 Å². The minimum Gasteiger partial charge on any atom is -0.379 e. The van der Waals surface area contributed by atoms with Crippen molar-refractivity contribution < 1.29 is 4.74 Å². The molecule has 0 bridgehead atoms. The largest absolute Gasteiger partial charge is 0.379 e. The smallest absolute Gasteiger partial charge is 0.0594 e. The van der Waals surface area contributed by atoms with Crippen molar-refractivity contribution in [2.24, 2.45) is 0 Å². The molecule has 0 unspecified atom stereocenters. The van der Waals surface area contributed by atoms with Gasteiger partial charge in [-0.25, -0.2) is 0 Å². The Morgan fingerprint density at radius 1 is 0.774 bits per heavy atom. The van der Waals surface area contributed by atoms with Crippen molar-refractivity contribution in [2.45, 2.75) is 18.8 Å². The Balaban J connectivity index is 0.000000175. The molecular formula is C22H24Br4N4O. The molecule has 4 heterocycles. The summed E-state index contributed by atoms with van der Waals surface area (Å²) in [6, 6.07) is 12.0. The lowest BCUT2D eigenvalue weighted by Crippen LogP contribution is -2.35. The number of morpholine rings is 1. The maximum absolute atomic E-state index is 5.29. The van der Waals surface area contributed by atoms with E-state index in [2.05, 4.69) is 89.6 Å². The Hall–Kier alpha value is -0.710. The zero-order valence-electron chi connectivity index (χ0n) is 17.1. The Bertz CT molecular complexity index is 851. The molecule has 0 saturated carbocycles. The van der Waals surface area contributed by atoms with Gasteiger partial charge in [0.2, 0.25) is 0 Å². The van der Waals surface area contributed by atoms with Crippen molar-refractivity contribution >= 4 is 63.7 Å². The topological polar surface area (TPSA) is 51.1 Å². The molecule has 9 heteroatoms. The molecule has 3 aromatic heterocycles. The predicted octanol–water partition coefficient (Wildman–Crippen LogP) is 6.57. The van der Waals surface area contributed by atoms with Gasteiger partial charge in [-0.05, 0) is 91.1 Å². The van der Waals surface area contributed by atoms with Crippen LogP contribution in [0.4, 0.5) is 0 Å². The van der Waals surface area contributed by atoms with E-state index in [1.165, 1.54) is 0 Å². The molecule has 166 valence electrons. The first kappa shape index (κ1) is 26.5. The number of aromatic nitrogens is 3. The van der Waals surface area contributed by atoms with Gasteiger partial charge in [-0.1, -0.05) is 15.9 Å². The highest BCUT2D eigenvalue weighted by atomic mass is 79.9. The lowest BCUT2D eigenvalue weighted by atomic mass is 10.3. The van der Waals surface area contributed by atoms with Crippen molar-refractivity contribution in [3.63, 3.8) is 0 Å². The normalized spacial score (nSPS) is 13.5. The van der Waals surface area contributed by atoms with Gasteiger partial charge in [0.15, 0.2) is 0 Å². The number of alkyl halides is 1. The summed E-state index contributed by atoms with van der Waals surface area (Å²) in [6.45, 7) is 6.60. The molecule has 0 amide bonds. The fraction of sp³-hybridized carbons (Fsp3) is 0.318. The molecule has 0 spiro atoms. The number of pyridine rings is 3. The maximum atomic E-state index is 5.29. The van der Waals surface area contributed by atoms with Gasteiger partial charge in [0.1, 0.15) is 0 Å². The van der Waals surface area contributed by atoms with Gasteiger partial charge < -0.3 is 4.74 Å². The highest BCUT2D eigenvalue weighted by Gasteiger charge is 2.10. The van der Waals surface area contributed by atoms with Crippen LogP contribution in [-0.4, -0.2) is 46.2 Å². The molecule has 1 aliphatic rings. The van der Waals surface area contributed by atoms with Crippen LogP contribution in [0.2, 0.25) is 0 Å². The summed E-state index contributed by atoms with van der Waals surface area (Å²) in [6.07, 6.45) is 5.42. The van der Waals surface area contributed by atoms with Crippen molar-refractivity contribution in [3.8, 4) is 0 Å². The van der Waals surface area contributed by atoms with E-state index < -0.39 is 0 Å². The average Bonchev–Trinajstić information content (AvgIpc) is 2.80. The first-order chi connectivity index (χ1) is 15.0. The first-order valence-corrected chi connectivity index (χ1v) is 13.1. The monoisotopic (exact) mass is 676 g/mol. The summed E-state index contributed by atoms with van der Waals surface area (Å²) >= 11 is 13.3. The molecule has 31 heavy (non-hydrogen) atoms. The van der Waals surface area contributed by atoms with E-state index in [0.29, 0.717) is 0 Å². The molecule has 0 N–H and O–H groups in total. The van der Waals surface area contributed by atoms with Crippen LogP contribution in [0, 0.1) is 6.92 Å². The molecule has 3 aromatic rings. The fourth-order valence-corrected chi connectivity index (χ4v) is 3.46. The summed E-state index contributed by atoms with van der Waals surface area (Å²) < 4.78 is 8.37. The van der Waals surface area contributed by atoms with Gasteiger partial charge in [-0.2, -0.15) is 0 Å². The zero-order valence-corrected chi connectivity index (χ0v) is 23.5. The van der Waals surface area contributed by atoms with Crippen LogP contribution in [-0.2, 0) is 16.6 Å².